The number of H-pyrrole nitrogens is 2. The minimum Gasteiger partial charge on any atom is -0.493 e. The second-order valence-electron chi connectivity index (χ2n) is 8.40. The summed E-state index contributed by atoms with van der Waals surface area (Å²) in [5, 5.41) is 0. The summed E-state index contributed by atoms with van der Waals surface area (Å²) in [5.74, 6) is 2.53. The van der Waals surface area contributed by atoms with E-state index in [0.717, 1.165) is 11.1 Å². The molecule has 5 aromatic rings. The third-order valence-electron chi connectivity index (χ3n) is 6.20. The summed E-state index contributed by atoms with van der Waals surface area (Å²) in [6.45, 7) is 0.371. The second-order valence-corrected chi connectivity index (χ2v) is 8.40. The van der Waals surface area contributed by atoms with Gasteiger partial charge in [-0.3, -0.25) is 4.98 Å². The largest absolute Gasteiger partial charge is 0.493 e. The normalized spacial score (nSPS) is 10.8. The van der Waals surface area contributed by atoms with E-state index < -0.39 is 0 Å². The van der Waals surface area contributed by atoms with Crippen molar-refractivity contribution in [1.82, 2.24) is 15.0 Å². The molecule has 2 heterocycles. The van der Waals surface area contributed by atoms with E-state index in [1.165, 1.54) is 0 Å². The molecule has 0 saturated carbocycles. The number of benzene rings is 3. The van der Waals surface area contributed by atoms with Gasteiger partial charge >= 0.3 is 5.69 Å². The van der Waals surface area contributed by atoms with E-state index in [2.05, 4.69) is 15.0 Å². The maximum absolute atomic E-state index is 11.9. The van der Waals surface area contributed by atoms with Gasteiger partial charge in [-0.1, -0.05) is 36.4 Å². The topological polar surface area (TPSA) is 108 Å². The third kappa shape index (κ3) is 4.61. The van der Waals surface area contributed by atoms with Gasteiger partial charge < -0.3 is 33.7 Å². The van der Waals surface area contributed by atoms with Crippen LogP contribution in [0.1, 0.15) is 5.56 Å². The fraction of sp³-hybridized carbons (Fsp3) is 0.172. The average molecular weight is 514 g/mol. The van der Waals surface area contributed by atoms with Crippen LogP contribution in [-0.2, 0) is 6.61 Å². The van der Waals surface area contributed by atoms with E-state index in [1.54, 1.807) is 40.7 Å². The van der Waals surface area contributed by atoms with Gasteiger partial charge in [-0.05, 0) is 35.4 Å². The van der Waals surface area contributed by atoms with Gasteiger partial charge in [0.05, 0.1) is 51.4 Å². The number of ether oxygens (including phenoxy) is 5. The summed E-state index contributed by atoms with van der Waals surface area (Å²) in [4.78, 5) is 22.0. The highest BCUT2D eigenvalue weighted by atomic mass is 16.5. The first kappa shape index (κ1) is 24.8. The second kappa shape index (κ2) is 10.6. The van der Waals surface area contributed by atoms with Crippen LogP contribution in [0.5, 0.6) is 28.7 Å². The molecule has 0 unspecified atom stereocenters. The Hall–Kier alpha value is -4.92. The predicted molar refractivity (Wildman–Crippen MR) is 145 cm³/mol. The fourth-order valence-electron chi connectivity index (χ4n) is 4.41. The molecule has 2 aromatic heterocycles. The number of hydrogen-bond acceptors (Lipinski definition) is 7. The third-order valence-corrected chi connectivity index (χ3v) is 6.20. The Kier molecular flexibility index (Phi) is 6.90. The van der Waals surface area contributed by atoms with Gasteiger partial charge in [-0.15, -0.1) is 0 Å². The van der Waals surface area contributed by atoms with Crippen molar-refractivity contribution in [2.45, 2.75) is 6.61 Å². The Morgan fingerprint density at radius 2 is 1.47 bits per heavy atom. The van der Waals surface area contributed by atoms with E-state index in [4.69, 9.17) is 23.7 Å². The zero-order valence-electron chi connectivity index (χ0n) is 21.5. The van der Waals surface area contributed by atoms with E-state index >= 15 is 0 Å². The van der Waals surface area contributed by atoms with E-state index in [9.17, 15) is 4.79 Å². The van der Waals surface area contributed by atoms with Crippen molar-refractivity contribution in [3.05, 3.63) is 82.9 Å². The Balaban J connectivity index is 1.70. The first-order valence-electron chi connectivity index (χ1n) is 11.8. The van der Waals surface area contributed by atoms with Crippen LogP contribution in [0.15, 0.2) is 71.7 Å². The van der Waals surface area contributed by atoms with Crippen LogP contribution < -0.4 is 29.4 Å². The summed E-state index contributed by atoms with van der Waals surface area (Å²) >= 11 is 0. The summed E-state index contributed by atoms with van der Waals surface area (Å²) in [7, 11) is 6.29. The van der Waals surface area contributed by atoms with Crippen molar-refractivity contribution >= 4 is 11.0 Å². The number of hydrogen-bond donors (Lipinski definition) is 2. The molecule has 9 nitrogen and oxygen atoms in total. The van der Waals surface area contributed by atoms with Crippen LogP contribution in [0, 0.1) is 0 Å². The van der Waals surface area contributed by atoms with E-state index in [-0.39, 0.29) is 5.69 Å². The van der Waals surface area contributed by atoms with Gasteiger partial charge in [0.2, 0.25) is 5.75 Å². The van der Waals surface area contributed by atoms with Crippen LogP contribution in [0.4, 0.5) is 0 Å². The molecule has 0 aliphatic heterocycles. The molecule has 0 spiro atoms. The highest BCUT2D eigenvalue weighted by molar-refractivity contribution is 5.93. The smallest absolute Gasteiger partial charge is 0.323 e. The molecule has 3 aromatic carbocycles. The van der Waals surface area contributed by atoms with Gasteiger partial charge in [-0.2, -0.15) is 0 Å². The zero-order valence-corrected chi connectivity index (χ0v) is 21.5. The van der Waals surface area contributed by atoms with Gasteiger partial charge in [0, 0.05) is 11.1 Å². The number of imidazole rings is 1. The molecule has 0 saturated heterocycles. The van der Waals surface area contributed by atoms with Gasteiger partial charge in [0.1, 0.15) is 6.61 Å². The van der Waals surface area contributed by atoms with Crippen LogP contribution in [-0.4, -0.2) is 43.4 Å². The van der Waals surface area contributed by atoms with Gasteiger partial charge in [0.25, 0.3) is 0 Å². The lowest BCUT2D eigenvalue weighted by Crippen LogP contribution is -2.01. The summed E-state index contributed by atoms with van der Waals surface area (Å²) in [6, 6.07) is 19.2. The summed E-state index contributed by atoms with van der Waals surface area (Å²) < 4.78 is 28.9. The number of aromatic nitrogens is 3. The minimum atomic E-state index is -0.306. The number of nitrogens with one attached hydrogen (secondary N) is 2. The van der Waals surface area contributed by atoms with Crippen molar-refractivity contribution in [2.75, 3.05) is 28.4 Å². The number of pyridine rings is 1. The highest BCUT2D eigenvalue weighted by Gasteiger charge is 2.25. The number of rotatable bonds is 9. The van der Waals surface area contributed by atoms with Crippen molar-refractivity contribution < 1.29 is 23.7 Å². The standard InChI is InChI=1S/C29H27N3O6/c1-34-23-11-10-18(12-24(23)38-16-17-8-6-5-7-9-17)26-19(13-25(35-2)27(36-3)28(26)37-4)20-14-21-22(15-30-20)32-29(33)31-21/h5-15H,16H2,1-4H3,(H2,31,32,33). The van der Waals surface area contributed by atoms with Crippen LogP contribution in [0.2, 0.25) is 0 Å². The molecule has 0 aliphatic carbocycles. The minimum absolute atomic E-state index is 0.306. The first-order chi connectivity index (χ1) is 18.6. The monoisotopic (exact) mass is 513 g/mol. The van der Waals surface area contributed by atoms with Gasteiger partial charge in [-0.25, -0.2) is 4.79 Å². The molecule has 194 valence electrons. The fourth-order valence-corrected chi connectivity index (χ4v) is 4.41. The van der Waals surface area contributed by atoms with Crippen LogP contribution >= 0.6 is 0 Å². The predicted octanol–water partition coefficient (Wildman–Crippen LogP) is 5.20. The molecule has 0 amide bonds. The van der Waals surface area contributed by atoms with Gasteiger partial charge in [0.15, 0.2) is 23.0 Å². The molecular weight excluding hydrogens is 486 g/mol. The van der Waals surface area contributed by atoms with Crippen molar-refractivity contribution in [1.29, 1.82) is 0 Å². The molecule has 38 heavy (non-hydrogen) atoms. The van der Waals surface area contributed by atoms with Crippen molar-refractivity contribution in [3.8, 4) is 51.1 Å². The maximum Gasteiger partial charge on any atom is 0.323 e. The Morgan fingerprint density at radius 3 is 2.18 bits per heavy atom. The summed E-state index contributed by atoms with van der Waals surface area (Å²) in [5.41, 5.74) is 4.76. The van der Waals surface area contributed by atoms with Crippen molar-refractivity contribution in [2.24, 2.45) is 0 Å². The highest BCUT2D eigenvalue weighted by Crippen LogP contribution is 2.50. The van der Waals surface area contributed by atoms with Crippen LogP contribution in [0.3, 0.4) is 0 Å². The maximum atomic E-state index is 11.9. The Labute approximate surface area is 218 Å². The first-order valence-corrected chi connectivity index (χ1v) is 11.8. The molecule has 0 radical (unpaired) electrons. The summed E-state index contributed by atoms with van der Waals surface area (Å²) in [6.07, 6.45) is 1.61. The molecule has 0 atom stereocenters. The molecule has 0 aliphatic rings. The SMILES string of the molecule is COc1ccc(-c2c(-c3cc4[nH]c(=O)[nH]c4cn3)cc(OC)c(OC)c2OC)cc1OCc1ccccc1. The zero-order chi connectivity index (χ0) is 26.6. The number of methoxy groups -OCH3 is 4. The lowest BCUT2D eigenvalue weighted by Gasteiger charge is -2.21. The molecule has 5 rings (SSSR count). The average Bonchev–Trinajstić information content (AvgIpc) is 3.34. The molecular formula is C29H27N3O6. The number of aromatic amines is 2. The van der Waals surface area contributed by atoms with E-state index in [0.29, 0.717) is 63.2 Å². The van der Waals surface area contributed by atoms with Crippen molar-refractivity contribution in [3.63, 3.8) is 0 Å². The quantitative estimate of drug-likeness (QED) is 0.279. The number of nitrogens with zero attached hydrogens (tertiary/aromatic N) is 1. The molecule has 9 heteroatoms. The van der Waals surface area contributed by atoms with Crippen LogP contribution in [0.25, 0.3) is 33.4 Å². The Bertz CT molecular complexity index is 1640. The Morgan fingerprint density at radius 1 is 0.737 bits per heavy atom. The molecule has 0 fully saturated rings. The molecule has 2 N–H and O–H groups in total. The lowest BCUT2D eigenvalue weighted by atomic mass is 9.94. The van der Waals surface area contributed by atoms with E-state index in [1.807, 2.05) is 54.6 Å². The number of fused-ring (bicyclic) bond motifs is 1. The lowest BCUT2D eigenvalue weighted by molar-refractivity contribution is 0.284. The molecule has 0 bridgehead atoms.